The maximum atomic E-state index is 12.5. The summed E-state index contributed by atoms with van der Waals surface area (Å²) in [6.07, 6.45) is 0.307. The van der Waals surface area contributed by atoms with Gasteiger partial charge in [-0.2, -0.15) is 5.10 Å². The molecule has 2 atom stereocenters. The summed E-state index contributed by atoms with van der Waals surface area (Å²) in [7, 11) is 1.27. The van der Waals surface area contributed by atoms with Crippen molar-refractivity contribution < 1.29 is 38.4 Å². The van der Waals surface area contributed by atoms with Crippen molar-refractivity contribution in [1.29, 1.82) is 0 Å². The van der Waals surface area contributed by atoms with Crippen LogP contribution in [0.1, 0.15) is 43.5 Å². The zero-order chi connectivity index (χ0) is 33.1. The van der Waals surface area contributed by atoms with Gasteiger partial charge in [-0.05, 0) is 61.7 Å². The number of nitrogens with one attached hydrogen (secondary N) is 3. The largest absolute Gasteiger partial charge is 0.490 e. The Morgan fingerprint density at radius 1 is 1.02 bits per heavy atom. The number of hydrazone groups is 1. The minimum Gasteiger partial charge on any atom is -0.490 e. The second-order valence-corrected chi connectivity index (χ2v) is 10.4. The molecule has 0 aromatic heterocycles. The molecule has 1 heterocycles. The second kappa shape index (κ2) is 16.4. The number of aliphatic hydroxyl groups is 1. The summed E-state index contributed by atoms with van der Waals surface area (Å²) in [5.41, 5.74) is 5.46. The Bertz CT molecular complexity index is 1580. The Hall–Kier alpha value is -4.94. The number of methoxy groups -OCH3 is 1. The number of nitrogens with zero attached hydrogens (tertiary/aromatic N) is 1. The van der Waals surface area contributed by atoms with Crippen LogP contribution < -0.4 is 35.0 Å². The van der Waals surface area contributed by atoms with E-state index >= 15 is 0 Å². The highest BCUT2D eigenvalue weighted by Gasteiger charge is 2.32. The lowest BCUT2D eigenvalue weighted by atomic mass is 9.95. The molecule has 4 rings (SSSR count). The van der Waals surface area contributed by atoms with E-state index in [2.05, 4.69) is 21.2 Å². The molecule has 0 saturated carbocycles. The Morgan fingerprint density at radius 2 is 1.76 bits per heavy atom. The second-order valence-electron chi connectivity index (χ2n) is 9.95. The van der Waals surface area contributed by atoms with Gasteiger partial charge >= 0.3 is 12.0 Å². The Kier molecular flexibility index (Phi) is 12.1. The molecule has 0 fully saturated rings. The number of hydrogen-bond donors (Lipinski definition) is 4. The van der Waals surface area contributed by atoms with E-state index in [1.807, 2.05) is 44.2 Å². The average molecular weight is 653 g/mol. The number of halogens is 1. The first-order valence-corrected chi connectivity index (χ1v) is 15.0. The number of hydrogen-bond acceptors (Lipinski definition) is 10. The van der Waals surface area contributed by atoms with Gasteiger partial charge in [0.05, 0.1) is 43.2 Å². The maximum Gasteiger partial charge on any atom is 0.337 e. The highest BCUT2D eigenvalue weighted by molar-refractivity contribution is 6.32. The fraction of sp³-hybridized carbons (Fsp3) is 0.303. The van der Waals surface area contributed by atoms with E-state index in [1.54, 1.807) is 37.3 Å². The van der Waals surface area contributed by atoms with Gasteiger partial charge in [0, 0.05) is 5.70 Å². The summed E-state index contributed by atoms with van der Waals surface area (Å²) in [6.45, 7) is 6.18. The quantitative estimate of drug-likeness (QED) is 0.0783. The lowest BCUT2D eigenvalue weighted by Crippen LogP contribution is -2.45. The molecule has 13 heteroatoms. The topological polar surface area (TPSA) is 149 Å². The van der Waals surface area contributed by atoms with Crippen LogP contribution in [0.3, 0.4) is 0 Å². The molecule has 0 bridgehead atoms. The van der Waals surface area contributed by atoms with Crippen LogP contribution in [0.25, 0.3) is 0 Å². The van der Waals surface area contributed by atoms with Gasteiger partial charge < -0.3 is 39.4 Å². The zero-order valence-corrected chi connectivity index (χ0v) is 26.7. The van der Waals surface area contributed by atoms with E-state index in [0.717, 1.165) is 5.56 Å². The van der Waals surface area contributed by atoms with Gasteiger partial charge in [0.2, 0.25) is 0 Å². The minimum absolute atomic E-state index is 0.176. The van der Waals surface area contributed by atoms with Crippen molar-refractivity contribution in [3.63, 3.8) is 0 Å². The molecule has 3 aromatic carbocycles. The molecule has 244 valence electrons. The highest BCUT2D eigenvalue weighted by Crippen LogP contribution is 2.37. The van der Waals surface area contributed by atoms with Crippen LogP contribution in [0.4, 0.5) is 4.79 Å². The van der Waals surface area contributed by atoms with E-state index in [4.69, 9.17) is 35.3 Å². The molecular formula is C33H37ClN4O8. The smallest absolute Gasteiger partial charge is 0.337 e. The summed E-state index contributed by atoms with van der Waals surface area (Å²) >= 11 is 6.52. The Morgan fingerprint density at radius 3 is 2.48 bits per heavy atom. The fourth-order valence-corrected chi connectivity index (χ4v) is 4.89. The van der Waals surface area contributed by atoms with Gasteiger partial charge in [-0.3, -0.25) is 5.43 Å². The molecule has 0 spiro atoms. The lowest BCUT2D eigenvalue weighted by molar-refractivity contribution is -0.136. The molecule has 1 aliphatic rings. The molecule has 0 radical (unpaired) electrons. The summed E-state index contributed by atoms with van der Waals surface area (Å²) in [5.74, 6) is 1.02. The number of benzene rings is 3. The number of esters is 1. The van der Waals surface area contributed by atoms with E-state index in [9.17, 15) is 14.7 Å². The summed E-state index contributed by atoms with van der Waals surface area (Å²) in [5, 5.41) is 20.3. The summed E-state index contributed by atoms with van der Waals surface area (Å²) in [6, 6.07) is 16.9. The molecule has 4 N–H and O–H groups in total. The molecule has 12 nitrogen and oxygen atoms in total. The monoisotopic (exact) mass is 652 g/mol. The van der Waals surface area contributed by atoms with Gasteiger partial charge in [0.15, 0.2) is 29.2 Å². The van der Waals surface area contributed by atoms with Crippen LogP contribution in [-0.2, 0) is 16.1 Å². The van der Waals surface area contributed by atoms with Crippen molar-refractivity contribution in [1.82, 2.24) is 16.1 Å². The molecule has 3 aromatic rings. The molecule has 1 aliphatic heterocycles. The number of aliphatic hydroxyl groups excluding tert-OH is 1. The number of amides is 2. The normalized spacial score (nSPS) is 15.1. The first kappa shape index (κ1) is 33.9. The molecular weight excluding hydrogens is 616 g/mol. The summed E-state index contributed by atoms with van der Waals surface area (Å²) < 4.78 is 28.2. The number of rotatable bonds is 15. The predicted octanol–water partition coefficient (Wildman–Crippen LogP) is 4.84. The van der Waals surface area contributed by atoms with E-state index in [-0.39, 0.29) is 12.2 Å². The van der Waals surface area contributed by atoms with E-state index in [0.29, 0.717) is 64.7 Å². The number of carbonyl (C=O) groups excluding carboxylic acids is 2. The van der Waals surface area contributed by atoms with Gasteiger partial charge in [-0.25, -0.2) is 9.59 Å². The SMILES string of the molecule is CCOc1cc([C@@H]2NC(=O)NC(C)=C2C(=O)OC)ccc1OC[C@H](O)N/N=C\c1cc(Cl)c(OCc2ccccc2)c(OCC)c1. The number of carbonyl (C=O) groups is 2. The number of ether oxygens (including phenoxy) is 5. The minimum atomic E-state index is -1.18. The van der Waals surface area contributed by atoms with Crippen LogP contribution in [0, 0.1) is 0 Å². The van der Waals surface area contributed by atoms with Gasteiger partial charge in [-0.1, -0.05) is 48.0 Å². The number of allylic oxidation sites excluding steroid dienone is 1. The average Bonchev–Trinajstić information content (AvgIpc) is 3.04. The predicted molar refractivity (Wildman–Crippen MR) is 172 cm³/mol. The third-order valence-electron chi connectivity index (χ3n) is 6.67. The van der Waals surface area contributed by atoms with Crippen LogP contribution in [0.15, 0.2) is 77.0 Å². The van der Waals surface area contributed by atoms with Crippen molar-refractivity contribution in [2.45, 2.75) is 39.6 Å². The number of urea groups is 1. The summed E-state index contributed by atoms with van der Waals surface area (Å²) in [4.78, 5) is 24.6. The van der Waals surface area contributed by atoms with Crippen LogP contribution in [0.2, 0.25) is 5.02 Å². The zero-order valence-electron chi connectivity index (χ0n) is 26.0. The molecule has 46 heavy (non-hydrogen) atoms. The van der Waals surface area contributed by atoms with Gasteiger partial charge in [-0.15, -0.1) is 0 Å². The third kappa shape index (κ3) is 8.83. The first-order chi connectivity index (χ1) is 22.2. The molecule has 2 amide bonds. The van der Waals surface area contributed by atoms with Gasteiger partial charge in [0.1, 0.15) is 13.2 Å². The van der Waals surface area contributed by atoms with Crippen molar-refractivity contribution in [2.24, 2.45) is 5.10 Å². The van der Waals surface area contributed by atoms with Gasteiger partial charge in [0.25, 0.3) is 0 Å². The standard InChI is InChI=1S/C33H37ClN4O8/c1-5-43-26-16-23(30-29(32(40)42-4)20(3)36-33(41)37-30)12-13-25(26)45-19-28(39)38-35-17-22-14-24(34)31(27(15-22)44-6-2)46-18-21-10-8-7-9-11-21/h7-17,28,30,38-39H,5-6,18-19H2,1-4H3,(H2,36,37,41)/b35-17-/t28-,30-/m0/s1. The fourth-order valence-electron chi connectivity index (χ4n) is 4.62. The van der Waals surface area contributed by atoms with Crippen LogP contribution in [-0.4, -0.2) is 56.5 Å². The van der Waals surface area contributed by atoms with E-state index in [1.165, 1.54) is 13.3 Å². The van der Waals surface area contributed by atoms with Crippen LogP contribution >= 0.6 is 11.6 Å². The van der Waals surface area contributed by atoms with Crippen molar-refractivity contribution >= 4 is 29.8 Å². The van der Waals surface area contributed by atoms with Crippen molar-refractivity contribution in [3.8, 4) is 23.0 Å². The van der Waals surface area contributed by atoms with Crippen LogP contribution in [0.5, 0.6) is 23.0 Å². The Balaban J connectivity index is 1.40. The molecule has 0 aliphatic carbocycles. The lowest BCUT2D eigenvalue weighted by Gasteiger charge is -2.28. The molecule has 0 saturated heterocycles. The van der Waals surface area contributed by atoms with Crippen molar-refractivity contribution in [3.05, 3.63) is 93.6 Å². The third-order valence-corrected chi connectivity index (χ3v) is 6.95. The van der Waals surface area contributed by atoms with E-state index < -0.39 is 24.3 Å². The first-order valence-electron chi connectivity index (χ1n) is 14.6. The van der Waals surface area contributed by atoms with Crippen molar-refractivity contribution in [2.75, 3.05) is 26.9 Å². The highest BCUT2D eigenvalue weighted by atomic mass is 35.5. The Labute approximate surface area is 272 Å². The maximum absolute atomic E-state index is 12.5. The molecule has 0 unspecified atom stereocenters.